The molecule has 7 N–H and O–H groups in total. The zero-order valence-electron chi connectivity index (χ0n) is 10.8. The quantitative estimate of drug-likeness (QED) is 0.256. The highest BCUT2D eigenvalue weighted by Gasteiger charge is 2.24. The Kier molecular flexibility index (Phi) is 7.18. The van der Waals surface area contributed by atoms with Crippen LogP contribution in [0.1, 0.15) is 17.3 Å². The SMILES string of the molecule is CC(CO)NC(=O)c1c(I)c(N)c(I)c(NC(N)=O)c1I. The third kappa shape index (κ3) is 4.44. The predicted octanol–water partition coefficient (Wildman–Crippen LogP) is 1.68. The molecule has 1 atom stereocenters. The van der Waals surface area contributed by atoms with Crippen LogP contribution in [0, 0.1) is 10.7 Å². The second kappa shape index (κ2) is 7.96. The third-order valence-electron chi connectivity index (χ3n) is 2.48. The number of aliphatic hydroxyl groups excluding tert-OH is 1. The summed E-state index contributed by atoms with van der Waals surface area (Å²) in [4.78, 5) is 23.4. The summed E-state index contributed by atoms with van der Waals surface area (Å²) in [5.41, 5.74) is 12.3. The Bertz CT molecular complexity index is 595. The van der Waals surface area contributed by atoms with Gasteiger partial charge in [0.15, 0.2) is 0 Å². The van der Waals surface area contributed by atoms with E-state index in [9.17, 15) is 9.59 Å². The minimum atomic E-state index is -0.735. The number of anilines is 2. The van der Waals surface area contributed by atoms with E-state index < -0.39 is 12.1 Å². The van der Waals surface area contributed by atoms with Gasteiger partial charge in [0.1, 0.15) is 0 Å². The fourth-order valence-corrected chi connectivity index (χ4v) is 5.38. The molecule has 0 aliphatic rings. The van der Waals surface area contributed by atoms with E-state index in [0.29, 0.717) is 27.6 Å². The number of rotatable bonds is 4. The van der Waals surface area contributed by atoms with E-state index in [1.165, 1.54) is 0 Å². The molecule has 0 saturated carbocycles. The van der Waals surface area contributed by atoms with Gasteiger partial charge >= 0.3 is 6.03 Å². The summed E-state index contributed by atoms with van der Waals surface area (Å²) in [6.45, 7) is 1.50. The van der Waals surface area contributed by atoms with Crippen LogP contribution >= 0.6 is 67.8 Å². The summed E-state index contributed by atoms with van der Waals surface area (Å²) in [6.07, 6.45) is 0. The summed E-state index contributed by atoms with van der Waals surface area (Å²) in [5, 5.41) is 14.2. The van der Waals surface area contributed by atoms with Crippen LogP contribution in [0.3, 0.4) is 0 Å². The Labute approximate surface area is 162 Å². The van der Waals surface area contributed by atoms with Crippen molar-refractivity contribution in [1.29, 1.82) is 0 Å². The van der Waals surface area contributed by atoms with E-state index in [-0.39, 0.29) is 12.5 Å². The lowest BCUT2D eigenvalue weighted by Crippen LogP contribution is -2.36. The van der Waals surface area contributed by atoms with Crippen LogP contribution in [-0.2, 0) is 0 Å². The molecule has 0 saturated heterocycles. The smallest absolute Gasteiger partial charge is 0.316 e. The maximum atomic E-state index is 12.3. The minimum absolute atomic E-state index is 0.175. The molecule has 0 aromatic heterocycles. The second-order valence-corrected chi connectivity index (χ2v) is 7.39. The zero-order valence-corrected chi connectivity index (χ0v) is 17.3. The largest absolute Gasteiger partial charge is 0.397 e. The van der Waals surface area contributed by atoms with E-state index in [4.69, 9.17) is 16.6 Å². The number of nitrogens with two attached hydrogens (primary N) is 2. The number of halogens is 3. The van der Waals surface area contributed by atoms with Gasteiger partial charge in [-0.3, -0.25) is 4.79 Å². The van der Waals surface area contributed by atoms with Gasteiger partial charge < -0.3 is 27.2 Å². The molecule has 0 heterocycles. The van der Waals surface area contributed by atoms with E-state index in [2.05, 4.69) is 10.6 Å². The summed E-state index contributed by atoms with van der Waals surface area (Å²) >= 11 is 5.92. The van der Waals surface area contributed by atoms with Crippen molar-refractivity contribution in [3.8, 4) is 0 Å². The van der Waals surface area contributed by atoms with E-state index in [1.807, 2.05) is 67.8 Å². The Balaban J connectivity index is 3.41. The molecule has 3 amide bonds. The zero-order chi connectivity index (χ0) is 16.3. The fourth-order valence-electron chi connectivity index (χ4n) is 1.46. The first kappa shape index (κ1) is 19.0. The predicted molar refractivity (Wildman–Crippen MR) is 106 cm³/mol. The van der Waals surface area contributed by atoms with Crippen molar-refractivity contribution in [3.05, 3.63) is 16.3 Å². The first-order valence-electron chi connectivity index (χ1n) is 5.64. The van der Waals surface area contributed by atoms with Gasteiger partial charge in [-0.1, -0.05) is 0 Å². The van der Waals surface area contributed by atoms with Gasteiger partial charge in [0, 0.05) is 6.04 Å². The molecular weight excluding hydrogens is 617 g/mol. The van der Waals surface area contributed by atoms with E-state index in [1.54, 1.807) is 6.92 Å². The molecule has 1 rings (SSSR count). The molecule has 1 unspecified atom stereocenters. The molecule has 0 fully saturated rings. The van der Waals surface area contributed by atoms with Gasteiger partial charge in [0.25, 0.3) is 5.91 Å². The summed E-state index contributed by atoms with van der Waals surface area (Å²) in [7, 11) is 0. The van der Waals surface area contributed by atoms with Crippen molar-refractivity contribution in [2.24, 2.45) is 5.73 Å². The highest BCUT2D eigenvalue weighted by molar-refractivity contribution is 14.1. The van der Waals surface area contributed by atoms with Crippen LogP contribution < -0.4 is 22.1 Å². The van der Waals surface area contributed by atoms with Gasteiger partial charge in [-0.2, -0.15) is 0 Å². The van der Waals surface area contributed by atoms with Gasteiger partial charge in [-0.05, 0) is 74.7 Å². The summed E-state index contributed by atoms with van der Waals surface area (Å²) in [6, 6.07) is -1.13. The second-order valence-electron chi connectivity index (χ2n) is 4.15. The Morgan fingerprint density at radius 1 is 1.24 bits per heavy atom. The number of hydrogen-bond acceptors (Lipinski definition) is 4. The van der Waals surface area contributed by atoms with Gasteiger partial charge in [-0.15, -0.1) is 0 Å². The third-order valence-corrected chi connectivity index (χ3v) is 5.80. The molecule has 116 valence electrons. The lowest BCUT2D eigenvalue weighted by molar-refractivity contribution is 0.0920. The lowest BCUT2D eigenvalue weighted by atomic mass is 10.1. The standard InChI is InChI=1S/C11H13I3N4O3/c1-3(2-19)17-10(20)4-5(12)8(15)7(14)9(6(4)13)18-11(16)21/h3,19H,2,15H2,1H3,(H,17,20)(H3,16,18,21). The van der Waals surface area contributed by atoms with E-state index in [0.717, 1.165) is 0 Å². The number of hydrogen-bond donors (Lipinski definition) is 5. The average molecular weight is 630 g/mol. The molecule has 0 spiro atoms. The van der Waals surface area contributed by atoms with Crippen molar-refractivity contribution in [1.82, 2.24) is 5.32 Å². The number of carbonyl (C=O) groups is 2. The number of primary amides is 1. The summed E-state index contributed by atoms with van der Waals surface area (Å²) in [5.74, 6) is -0.374. The number of aliphatic hydroxyl groups is 1. The molecular formula is C11H13I3N4O3. The topological polar surface area (TPSA) is 130 Å². The van der Waals surface area contributed by atoms with Crippen molar-refractivity contribution < 1.29 is 14.7 Å². The van der Waals surface area contributed by atoms with Gasteiger partial charge in [0.05, 0.1) is 34.3 Å². The van der Waals surface area contributed by atoms with Crippen molar-refractivity contribution >= 4 is 91.1 Å². The van der Waals surface area contributed by atoms with Crippen LogP contribution in [0.5, 0.6) is 0 Å². The van der Waals surface area contributed by atoms with Crippen LogP contribution in [0.4, 0.5) is 16.2 Å². The number of nitrogen functional groups attached to an aromatic ring is 1. The number of amides is 3. The van der Waals surface area contributed by atoms with Crippen molar-refractivity contribution in [2.75, 3.05) is 17.7 Å². The molecule has 1 aromatic rings. The Hall–Kier alpha value is -0.0900. The van der Waals surface area contributed by atoms with Crippen LogP contribution in [0.15, 0.2) is 0 Å². The molecule has 21 heavy (non-hydrogen) atoms. The molecule has 0 aliphatic carbocycles. The normalized spacial score (nSPS) is 11.9. The number of benzene rings is 1. The van der Waals surface area contributed by atoms with Gasteiger partial charge in [-0.25, -0.2) is 4.79 Å². The summed E-state index contributed by atoms with van der Waals surface area (Å²) < 4.78 is 1.74. The van der Waals surface area contributed by atoms with Gasteiger partial charge in [0.2, 0.25) is 0 Å². The fraction of sp³-hybridized carbons (Fsp3) is 0.273. The van der Waals surface area contributed by atoms with Crippen molar-refractivity contribution in [2.45, 2.75) is 13.0 Å². The van der Waals surface area contributed by atoms with Crippen LogP contribution in [0.25, 0.3) is 0 Å². The Morgan fingerprint density at radius 3 is 2.29 bits per heavy atom. The first-order valence-corrected chi connectivity index (χ1v) is 8.88. The minimum Gasteiger partial charge on any atom is -0.397 e. The Morgan fingerprint density at radius 2 is 1.81 bits per heavy atom. The molecule has 10 heteroatoms. The van der Waals surface area contributed by atoms with Crippen molar-refractivity contribution in [3.63, 3.8) is 0 Å². The molecule has 7 nitrogen and oxygen atoms in total. The molecule has 0 radical (unpaired) electrons. The maximum absolute atomic E-state index is 12.3. The maximum Gasteiger partial charge on any atom is 0.316 e. The number of carbonyl (C=O) groups excluding carboxylic acids is 2. The lowest BCUT2D eigenvalue weighted by Gasteiger charge is -2.18. The monoisotopic (exact) mass is 630 g/mol. The van der Waals surface area contributed by atoms with Crippen LogP contribution in [-0.4, -0.2) is 29.7 Å². The highest BCUT2D eigenvalue weighted by atomic mass is 127. The average Bonchev–Trinajstić information content (AvgIpc) is 2.41. The molecule has 1 aromatic carbocycles. The highest BCUT2D eigenvalue weighted by Crippen LogP contribution is 2.37. The number of nitrogens with one attached hydrogen (secondary N) is 2. The molecule has 0 aliphatic heterocycles. The van der Waals surface area contributed by atoms with E-state index >= 15 is 0 Å². The van der Waals surface area contributed by atoms with Crippen LogP contribution in [0.2, 0.25) is 0 Å². The molecule has 0 bridgehead atoms. The number of urea groups is 1. The first-order chi connectivity index (χ1) is 9.70.